The Morgan fingerprint density at radius 3 is 2.25 bits per heavy atom. The van der Waals surface area contributed by atoms with E-state index in [0.717, 1.165) is 30.7 Å². The van der Waals surface area contributed by atoms with Crippen molar-refractivity contribution >= 4 is 21.7 Å². The highest BCUT2D eigenvalue weighted by Gasteiger charge is 2.28. The van der Waals surface area contributed by atoms with Gasteiger partial charge in [0, 0.05) is 44.0 Å². The Balaban J connectivity index is 1.38. The smallest absolute Gasteiger partial charge is 0.253 e. The summed E-state index contributed by atoms with van der Waals surface area (Å²) in [5.41, 5.74) is 5.44. The van der Waals surface area contributed by atoms with E-state index < -0.39 is 10.0 Å². The molecule has 4 rings (SSSR count). The lowest BCUT2D eigenvalue weighted by Crippen LogP contribution is -2.49. The number of rotatable bonds is 6. The second-order valence-corrected chi connectivity index (χ2v) is 10.9. The highest BCUT2D eigenvalue weighted by molar-refractivity contribution is 7.88. The molecule has 2 aromatic rings. The zero-order valence-corrected chi connectivity index (χ0v) is 20.1. The monoisotopic (exact) mass is 456 g/mol. The van der Waals surface area contributed by atoms with E-state index >= 15 is 0 Å². The van der Waals surface area contributed by atoms with Crippen molar-refractivity contribution < 1.29 is 13.2 Å². The maximum Gasteiger partial charge on any atom is 0.253 e. The van der Waals surface area contributed by atoms with Crippen LogP contribution in [0.1, 0.15) is 64.3 Å². The van der Waals surface area contributed by atoms with E-state index in [2.05, 4.69) is 23.5 Å². The third kappa shape index (κ3) is 4.96. The van der Waals surface area contributed by atoms with Crippen molar-refractivity contribution in [2.45, 2.75) is 45.6 Å². The van der Waals surface area contributed by atoms with Gasteiger partial charge in [0.1, 0.15) is 5.82 Å². The number of aromatic nitrogens is 1. The lowest BCUT2D eigenvalue weighted by atomic mass is 10.0. The summed E-state index contributed by atoms with van der Waals surface area (Å²) in [6.07, 6.45) is 5.74. The van der Waals surface area contributed by atoms with Gasteiger partial charge in [-0.15, -0.1) is 0 Å². The molecular formula is C24H32N4O3S. The Bertz CT molecular complexity index is 1100. The minimum atomic E-state index is -3.29. The fourth-order valence-electron chi connectivity index (χ4n) is 4.44. The molecule has 7 nitrogen and oxygen atoms in total. The molecule has 32 heavy (non-hydrogen) atoms. The van der Waals surface area contributed by atoms with E-state index in [1.165, 1.54) is 29.5 Å². The van der Waals surface area contributed by atoms with Crippen molar-refractivity contribution in [3.8, 4) is 0 Å². The Morgan fingerprint density at radius 2 is 1.69 bits per heavy atom. The quantitative estimate of drug-likeness (QED) is 0.722. The number of hydrogen-bond donors (Lipinski definition) is 1. The Hall–Kier alpha value is -2.45. The fourth-order valence-corrected chi connectivity index (χ4v) is 5.22. The molecule has 1 aliphatic heterocycles. The van der Waals surface area contributed by atoms with E-state index in [1.807, 2.05) is 23.2 Å². The van der Waals surface area contributed by atoms with Gasteiger partial charge >= 0.3 is 0 Å². The molecule has 0 bridgehead atoms. The van der Waals surface area contributed by atoms with E-state index in [-0.39, 0.29) is 11.9 Å². The van der Waals surface area contributed by atoms with Gasteiger partial charge in [0.15, 0.2) is 0 Å². The van der Waals surface area contributed by atoms with Crippen molar-refractivity contribution in [2.75, 3.05) is 37.3 Å². The molecule has 1 saturated heterocycles. The van der Waals surface area contributed by atoms with Crippen molar-refractivity contribution in [3.05, 3.63) is 58.3 Å². The van der Waals surface area contributed by atoms with Gasteiger partial charge in [0.25, 0.3) is 5.91 Å². The first-order valence-corrected chi connectivity index (χ1v) is 13.1. The number of carbonyl (C=O) groups is 1. The van der Waals surface area contributed by atoms with Crippen LogP contribution in [0.25, 0.3) is 0 Å². The van der Waals surface area contributed by atoms with Crippen LogP contribution in [-0.4, -0.2) is 56.6 Å². The van der Waals surface area contributed by atoms with Crippen molar-refractivity contribution in [1.29, 1.82) is 0 Å². The molecule has 1 N–H and O–H groups in total. The van der Waals surface area contributed by atoms with Gasteiger partial charge in [-0.2, -0.15) is 0 Å². The second-order valence-electron chi connectivity index (χ2n) is 9.07. The number of carbonyl (C=O) groups excluding carboxylic acids is 1. The lowest BCUT2D eigenvalue weighted by Gasteiger charge is -2.36. The van der Waals surface area contributed by atoms with Crippen LogP contribution in [0.5, 0.6) is 0 Å². The summed E-state index contributed by atoms with van der Waals surface area (Å²) in [6.45, 7) is 8.96. The summed E-state index contributed by atoms with van der Waals surface area (Å²) in [6, 6.07) is 6.82. The normalized spacial score (nSPS) is 18.0. The summed E-state index contributed by atoms with van der Waals surface area (Å²) in [4.78, 5) is 21.9. The van der Waals surface area contributed by atoms with Crippen LogP contribution < -0.4 is 9.62 Å². The van der Waals surface area contributed by atoms with Gasteiger partial charge in [-0.05, 0) is 73.9 Å². The maximum absolute atomic E-state index is 13.0. The third-order valence-electron chi connectivity index (χ3n) is 6.59. The van der Waals surface area contributed by atoms with E-state index in [1.54, 1.807) is 19.1 Å². The van der Waals surface area contributed by atoms with Crippen LogP contribution in [0, 0.1) is 13.8 Å². The largest absolute Gasteiger partial charge is 0.353 e. The third-order valence-corrected chi connectivity index (χ3v) is 7.37. The minimum Gasteiger partial charge on any atom is -0.353 e. The van der Waals surface area contributed by atoms with Crippen LogP contribution in [-0.2, 0) is 10.0 Å². The zero-order valence-electron chi connectivity index (χ0n) is 19.3. The molecule has 172 valence electrons. The van der Waals surface area contributed by atoms with Crippen LogP contribution in [0.2, 0.25) is 0 Å². The molecule has 1 saturated carbocycles. The zero-order chi connectivity index (χ0) is 23.0. The molecule has 2 heterocycles. The van der Waals surface area contributed by atoms with Gasteiger partial charge in [-0.1, -0.05) is 12.1 Å². The van der Waals surface area contributed by atoms with Gasteiger partial charge in [-0.3, -0.25) is 4.79 Å². The molecule has 1 amide bonds. The van der Waals surface area contributed by atoms with Gasteiger partial charge in [0.05, 0.1) is 6.26 Å². The summed E-state index contributed by atoms with van der Waals surface area (Å²) >= 11 is 0. The Morgan fingerprint density at radius 1 is 1.06 bits per heavy atom. The van der Waals surface area contributed by atoms with E-state index in [4.69, 9.17) is 4.98 Å². The van der Waals surface area contributed by atoms with Gasteiger partial charge in [0.2, 0.25) is 10.0 Å². The summed E-state index contributed by atoms with van der Waals surface area (Å²) in [7, 11) is -3.29. The van der Waals surface area contributed by atoms with Gasteiger partial charge in [-0.25, -0.2) is 18.1 Å². The highest BCUT2D eigenvalue weighted by Crippen LogP contribution is 2.42. The van der Waals surface area contributed by atoms with Crippen LogP contribution in [0.15, 0.2) is 30.5 Å². The Labute approximate surface area is 190 Å². The minimum absolute atomic E-state index is 0.00451. The standard InChI is InChI=1S/C24H32N4O3S/c1-16-17(2)23(25-15-22(16)20-7-8-20)27-11-13-28(14-12-27)24(29)21-9-5-19(6-10-21)18(3)26-32(4,30)31/h5-6,9-10,15,18,20,26H,7-8,11-14H2,1-4H3. The predicted octanol–water partition coefficient (Wildman–Crippen LogP) is 3.15. The molecule has 0 spiro atoms. The number of amides is 1. The number of anilines is 1. The maximum atomic E-state index is 13.0. The molecule has 2 fully saturated rings. The fraction of sp³-hybridized carbons (Fsp3) is 0.500. The summed E-state index contributed by atoms with van der Waals surface area (Å²) in [5, 5.41) is 0. The molecule has 1 aromatic carbocycles. The summed E-state index contributed by atoms with van der Waals surface area (Å²) in [5.74, 6) is 1.74. The van der Waals surface area contributed by atoms with Crippen LogP contribution in [0.3, 0.4) is 0 Å². The molecular weight excluding hydrogens is 424 g/mol. The SMILES string of the molecule is Cc1c(C2CC2)cnc(N2CCN(C(=O)c3ccc(C(C)NS(C)(=O)=O)cc3)CC2)c1C. The number of hydrogen-bond acceptors (Lipinski definition) is 5. The molecule has 1 aliphatic carbocycles. The molecule has 1 unspecified atom stereocenters. The lowest BCUT2D eigenvalue weighted by molar-refractivity contribution is 0.0746. The van der Waals surface area contributed by atoms with E-state index in [0.29, 0.717) is 24.6 Å². The second kappa shape index (κ2) is 8.83. The first-order valence-electron chi connectivity index (χ1n) is 11.2. The number of pyridine rings is 1. The molecule has 1 aromatic heterocycles. The number of nitrogens with zero attached hydrogens (tertiary/aromatic N) is 3. The highest BCUT2D eigenvalue weighted by atomic mass is 32.2. The first-order chi connectivity index (χ1) is 15.1. The first kappa shape index (κ1) is 22.7. The average molecular weight is 457 g/mol. The Kier molecular flexibility index (Phi) is 6.27. The molecule has 0 radical (unpaired) electrons. The number of benzene rings is 1. The topological polar surface area (TPSA) is 82.6 Å². The van der Waals surface area contributed by atoms with Crippen molar-refractivity contribution in [2.24, 2.45) is 0 Å². The average Bonchev–Trinajstić information content (AvgIpc) is 3.59. The van der Waals surface area contributed by atoms with Crippen LogP contribution >= 0.6 is 0 Å². The molecule has 8 heteroatoms. The van der Waals surface area contributed by atoms with Crippen LogP contribution in [0.4, 0.5) is 5.82 Å². The molecule has 1 atom stereocenters. The van der Waals surface area contributed by atoms with Crippen molar-refractivity contribution in [3.63, 3.8) is 0 Å². The van der Waals surface area contributed by atoms with Crippen molar-refractivity contribution in [1.82, 2.24) is 14.6 Å². The summed E-state index contributed by atoms with van der Waals surface area (Å²) < 4.78 is 25.4. The number of piperazine rings is 1. The number of nitrogens with one attached hydrogen (secondary N) is 1. The predicted molar refractivity (Wildman–Crippen MR) is 127 cm³/mol. The van der Waals surface area contributed by atoms with Gasteiger partial charge < -0.3 is 9.80 Å². The van der Waals surface area contributed by atoms with E-state index in [9.17, 15) is 13.2 Å². The molecule has 2 aliphatic rings. The number of sulfonamides is 1.